The van der Waals surface area contributed by atoms with E-state index in [4.69, 9.17) is 0 Å². The highest BCUT2D eigenvalue weighted by Crippen LogP contribution is 2.21. The van der Waals surface area contributed by atoms with Gasteiger partial charge in [0, 0.05) is 0 Å². The Hall–Kier alpha value is -6.11. The van der Waals surface area contributed by atoms with Crippen LogP contribution in [-0.4, -0.2) is 27.1 Å². The number of rotatable bonds is 8. The van der Waals surface area contributed by atoms with Crippen LogP contribution in [0.1, 0.15) is 0 Å². The van der Waals surface area contributed by atoms with Gasteiger partial charge in [-0.15, -0.1) is 0 Å². The molecule has 3 heteroatoms. The Kier molecular flexibility index (Phi) is 8.68. The van der Waals surface area contributed by atoms with Crippen LogP contribution in [0.5, 0.6) is 0 Å². The van der Waals surface area contributed by atoms with Gasteiger partial charge >= 0.3 is 0 Å². The average Bonchev–Trinajstić information content (AvgIpc) is 3.26. The van der Waals surface area contributed by atoms with Gasteiger partial charge < -0.3 is 0 Å². The maximum absolute atomic E-state index is 2.94. The number of benzene rings is 10. The Balaban J connectivity index is 1.24. The molecule has 0 amide bonds. The first-order valence-electron chi connectivity index (χ1n) is 18.9. The lowest BCUT2D eigenvalue weighted by atomic mass is 10.1. The molecular weight excluding hydrogens is 709 g/mol. The van der Waals surface area contributed by atoms with Crippen molar-refractivity contribution >= 4 is 112 Å². The van der Waals surface area contributed by atoms with Gasteiger partial charge in [0.2, 0.25) is 0 Å². The van der Waals surface area contributed by atoms with Crippen molar-refractivity contribution in [2.45, 2.75) is 0 Å². The summed E-state index contributed by atoms with van der Waals surface area (Å²) in [5, 5.41) is 21.8. The maximum atomic E-state index is 2.50. The molecule has 0 atom stereocenters. The van der Waals surface area contributed by atoms with Gasteiger partial charge in [-0.25, -0.2) is 0 Å². The van der Waals surface area contributed by atoms with Crippen molar-refractivity contribution in [2.75, 3.05) is 0 Å². The van der Waals surface area contributed by atoms with Crippen LogP contribution < -0.4 is 41.5 Å². The third kappa shape index (κ3) is 5.80. The first-order valence-corrected chi connectivity index (χ1v) is 22.9. The first-order chi connectivity index (χ1) is 27.3. The summed E-state index contributed by atoms with van der Waals surface area (Å²) >= 11 is 0. The van der Waals surface area contributed by atoms with E-state index in [-0.39, 0.29) is 0 Å². The second-order valence-corrected chi connectivity index (χ2v) is 20.6. The Morgan fingerprint density at radius 1 is 0.236 bits per heavy atom. The summed E-state index contributed by atoms with van der Waals surface area (Å²) in [5.74, 6) is 0. The third-order valence-electron chi connectivity index (χ3n) is 11.2. The maximum Gasteiger partial charge on any atom is 0.180 e. The van der Waals surface area contributed by atoms with Gasteiger partial charge in [-0.05, 0) is 63.8 Å². The van der Waals surface area contributed by atoms with Crippen LogP contribution in [0.25, 0.3) is 43.1 Å². The second kappa shape index (κ2) is 14.3. The Labute approximate surface area is 328 Å². The zero-order valence-electron chi connectivity index (χ0n) is 30.3. The first kappa shape index (κ1) is 33.5. The molecule has 0 saturated heterocycles. The molecule has 0 nitrogen and oxygen atoms in total. The van der Waals surface area contributed by atoms with Crippen molar-refractivity contribution in [1.82, 2.24) is 0 Å². The van der Waals surface area contributed by atoms with Gasteiger partial charge in [-0.3, -0.25) is 0 Å². The fraction of sp³-hybridized carbons (Fsp3) is 0. The molecule has 10 rings (SSSR count). The minimum absolute atomic E-state index is 0.542. The highest BCUT2D eigenvalue weighted by molar-refractivity contribution is 7.21. The van der Waals surface area contributed by atoms with Crippen molar-refractivity contribution in [3.8, 4) is 0 Å². The van der Waals surface area contributed by atoms with Gasteiger partial charge in [-0.1, -0.05) is 239 Å². The molecule has 0 N–H and O–H groups in total. The Bertz CT molecular complexity index is 2770. The molecule has 0 aliphatic rings. The Morgan fingerprint density at radius 3 is 1.00 bits per heavy atom. The van der Waals surface area contributed by atoms with Gasteiger partial charge in [-0.2, -0.15) is 0 Å². The van der Waals surface area contributed by atoms with Crippen molar-refractivity contribution in [1.29, 1.82) is 0 Å². The van der Waals surface area contributed by atoms with Gasteiger partial charge in [0.15, 0.2) is 8.07 Å². The lowest BCUT2D eigenvalue weighted by molar-refractivity contribution is 1.69. The van der Waals surface area contributed by atoms with E-state index in [1.54, 1.807) is 0 Å². The molecular formula is C52H36Si3. The molecule has 10 aromatic rings. The van der Waals surface area contributed by atoms with Gasteiger partial charge in [0.05, 0.1) is 0 Å². The van der Waals surface area contributed by atoms with Crippen LogP contribution in [0, 0.1) is 0 Å². The van der Waals surface area contributed by atoms with Gasteiger partial charge in [0.25, 0.3) is 0 Å². The minimum Gasteiger partial charge on any atom is -0.0625 e. The lowest BCUT2D eigenvalue weighted by Gasteiger charge is -2.36. The van der Waals surface area contributed by atoms with Crippen LogP contribution >= 0.6 is 0 Å². The molecule has 4 radical (unpaired) electrons. The summed E-state index contributed by atoms with van der Waals surface area (Å²) in [5.41, 5.74) is 0. The van der Waals surface area contributed by atoms with Crippen molar-refractivity contribution in [3.05, 3.63) is 218 Å². The van der Waals surface area contributed by atoms with Crippen molar-refractivity contribution in [2.24, 2.45) is 0 Å². The van der Waals surface area contributed by atoms with Gasteiger partial charge in [0.1, 0.15) is 19.0 Å². The summed E-state index contributed by atoms with van der Waals surface area (Å²) in [6.07, 6.45) is 0. The molecule has 0 bridgehead atoms. The van der Waals surface area contributed by atoms with Crippen LogP contribution in [0.15, 0.2) is 218 Å². The van der Waals surface area contributed by atoms with Crippen molar-refractivity contribution < 1.29 is 0 Å². The van der Waals surface area contributed by atoms with Crippen molar-refractivity contribution in [3.63, 3.8) is 0 Å². The predicted octanol–water partition coefficient (Wildman–Crippen LogP) is 6.99. The standard InChI is InChI=1S/C52H36Si3/c1-3-21-39(22-4-1)55(40-23-5-2-6-24-40,51-35-33-49(43-27-11-13-29-45(43)51)53-47-31-15-19-37-17-7-9-25-41(37)47)52-36-34-50(44-28-12-14-30-46(44)52)54-48-32-16-20-38-18-8-10-26-42(38)48/h1-36H. The fourth-order valence-corrected chi connectivity index (χ4v) is 16.6. The Morgan fingerprint density at radius 2 is 0.564 bits per heavy atom. The lowest BCUT2D eigenvalue weighted by Crippen LogP contribution is -2.75. The zero-order chi connectivity index (χ0) is 36.6. The quantitative estimate of drug-likeness (QED) is 0.116. The second-order valence-electron chi connectivity index (χ2n) is 14.2. The molecule has 55 heavy (non-hydrogen) atoms. The number of fused-ring (bicyclic) bond motifs is 4. The molecule has 0 aliphatic heterocycles. The number of hydrogen-bond donors (Lipinski definition) is 0. The molecule has 256 valence electrons. The molecule has 0 saturated carbocycles. The summed E-state index contributed by atoms with van der Waals surface area (Å²) in [6, 6.07) is 82.2. The monoisotopic (exact) mass is 744 g/mol. The summed E-state index contributed by atoms with van der Waals surface area (Å²) in [4.78, 5) is 0. The molecule has 0 spiro atoms. The van der Waals surface area contributed by atoms with E-state index in [1.165, 1.54) is 84.6 Å². The number of hydrogen-bond acceptors (Lipinski definition) is 0. The largest absolute Gasteiger partial charge is 0.180 e. The highest BCUT2D eigenvalue weighted by atomic mass is 28.3. The molecule has 10 aromatic carbocycles. The average molecular weight is 745 g/mol. The van der Waals surface area contributed by atoms with E-state index >= 15 is 0 Å². The van der Waals surface area contributed by atoms with Crippen LogP contribution in [0.3, 0.4) is 0 Å². The SMILES string of the molecule is c1ccc([Si](c2ccccc2)(c2ccc([Si]c3cccc4ccccc34)c3ccccc23)c2ccc([Si]c3cccc4ccccc34)c3ccccc23)cc1. The van der Waals surface area contributed by atoms with Crippen LogP contribution in [0.2, 0.25) is 0 Å². The summed E-state index contributed by atoms with van der Waals surface area (Å²) in [6.45, 7) is 0. The fourth-order valence-electron chi connectivity index (χ4n) is 8.74. The van der Waals surface area contributed by atoms with E-state index in [0.29, 0.717) is 19.0 Å². The molecule has 0 aliphatic carbocycles. The van der Waals surface area contributed by atoms with E-state index in [1.807, 2.05) is 0 Å². The minimum atomic E-state index is -2.94. The highest BCUT2D eigenvalue weighted by Gasteiger charge is 2.43. The van der Waals surface area contributed by atoms with E-state index in [2.05, 4.69) is 218 Å². The molecule has 0 heterocycles. The summed E-state index contributed by atoms with van der Waals surface area (Å²) < 4.78 is 0. The third-order valence-corrected chi connectivity index (χ3v) is 18.9. The predicted molar refractivity (Wildman–Crippen MR) is 243 cm³/mol. The van der Waals surface area contributed by atoms with E-state index < -0.39 is 8.07 Å². The van der Waals surface area contributed by atoms with E-state index in [9.17, 15) is 0 Å². The topological polar surface area (TPSA) is 0 Å². The molecule has 0 unspecified atom stereocenters. The van der Waals surface area contributed by atoms with E-state index in [0.717, 1.165) is 0 Å². The normalized spacial score (nSPS) is 11.8. The van der Waals surface area contributed by atoms with Crippen LogP contribution in [0.4, 0.5) is 0 Å². The zero-order valence-corrected chi connectivity index (χ0v) is 33.3. The molecule has 0 aromatic heterocycles. The smallest absolute Gasteiger partial charge is 0.0625 e. The molecule has 0 fully saturated rings. The summed E-state index contributed by atoms with van der Waals surface area (Å²) in [7, 11) is -1.86. The van der Waals surface area contributed by atoms with Crippen LogP contribution in [-0.2, 0) is 0 Å².